The van der Waals surface area contributed by atoms with Crippen molar-refractivity contribution < 1.29 is 9.47 Å². The Morgan fingerprint density at radius 2 is 1.86 bits per heavy atom. The van der Waals surface area contributed by atoms with Crippen LogP contribution in [0.1, 0.15) is 5.56 Å². The normalized spacial score (nSPS) is 9.00. The van der Waals surface area contributed by atoms with Crippen molar-refractivity contribution >= 4 is 5.69 Å². The average Bonchev–Trinajstić information content (AvgIpc) is 2.26. The fourth-order valence-electron chi connectivity index (χ4n) is 1.25. The van der Waals surface area contributed by atoms with Crippen LogP contribution in [0, 0.1) is 11.3 Å². The van der Waals surface area contributed by atoms with Crippen molar-refractivity contribution in [2.75, 3.05) is 26.6 Å². The molecule has 4 heteroatoms. The lowest BCUT2D eigenvalue weighted by atomic mass is 10.1. The molecule has 0 spiro atoms. The Labute approximate surface area is 83.1 Å². The highest BCUT2D eigenvalue weighted by Gasteiger charge is 2.13. The Balaban J connectivity index is 3.38. The van der Waals surface area contributed by atoms with Gasteiger partial charge in [-0.25, -0.2) is 0 Å². The van der Waals surface area contributed by atoms with Gasteiger partial charge in [-0.1, -0.05) is 0 Å². The first-order chi connectivity index (χ1) is 6.78. The molecule has 0 aliphatic rings. The third-order valence-corrected chi connectivity index (χ3v) is 1.91. The first-order valence-corrected chi connectivity index (χ1v) is 4.11. The van der Waals surface area contributed by atoms with Crippen LogP contribution in [-0.2, 0) is 0 Å². The molecule has 0 atom stereocenters. The second kappa shape index (κ2) is 4.38. The van der Waals surface area contributed by atoms with E-state index in [-0.39, 0.29) is 0 Å². The number of anilines is 1. The summed E-state index contributed by atoms with van der Waals surface area (Å²) in [5.41, 5.74) is 1.26. The number of nitriles is 1. The maximum Gasteiger partial charge on any atom is 0.185 e. The molecule has 74 valence electrons. The molecule has 1 rings (SSSR count). The summed E-state index contributed by atoms with van der Waals surface area (Å²) in [6.45, 7) is 0. The van der Waals surface area contributed by atoms with Crippen molar-refractivity contribution in [2.24, 2.45) is 0 Å². The van der Waals surface area contributed by atoms with Crippen LogP contribution in [0.25, 0.3) is 0 Å². The van der Waals surface area contributed by atoms with Crippen molar-refractivity contribution in [2.45, 2.75) is 0 Å². The molecule has 1 aromatic rings. The molecule has 0 saturated heterocycles. The Bertz CT molecular complexity index is 369. The SMILES string of the molecule is CNc1ccc(C#N)c(OC)c1OC. The number of nitrogens with one attached hydrogen (secondary N) is 1. The first-order valence-electron chi connectivity index (χ1n) is 4.11. The van der Waals surface area contributed by atoms with Crippen LogP contribution in [0.15, 0.2) is 12.1 Å². The Kier molecular flexibility index (Phi) is 3.19. The van der Waals surface area contributed by atoms with Crippen LogP contribution in [-0.4, -0.2) is 21.3 Å². The maximum atomic E-state index is 8.83. The quantitative estimate of drug-likeness (QED) is 0.790. The summed E-state index contributed by atoms with van der Waals surface area (Å²) in [7, 11) is 4.83. The zero-order chi connectivity index (χ0) is 10.6. The summed E-state index contributed by atoms with van der Waals surface area (Å²) in [4.78, 5) is 0. The van der Waals surface area contributed by atoms with Crippen molar-refractivity contribution in [1.82, 2.24) is 0 Å². The molecule has 14 heavy (non-hydrogen) atoms. The molecule has 0 unspecified atom stereocenters. The predicted molar refractivity (Wildman–Crippen MR) is 53.8 cm³/mol. The summed E-state index contributed by atoms with van der Waals surface area (Å²) in [6, 6.07) is 5.51. The zero-order valence-electron chi connectivity index (χ0n) is 8.42. The standard InChI is InChI=1S/C10H12N2O2/c1-12-8-5-4-7(6-11)9(13-2)10(8)14-3/h4-5,12H,1-3H3. The number of hydrogen-bond acceptors (Lipinski definition) is 4. The topological polar surface area (TPSA) is 54.3 Å². The van der Waals surface area contributed by atoms with Gasteiger partial charge < -0.3 is 14.8 Å². The molecule has 0 heterocycles. The highest BCUT2D eigenvalue weighted by atomic mass is 16.5. The smallest absolute Gasteiger partial charge is 0.185 e. The molecule has 0 aromatic heterocycles. The molecular formula is C10H12N2O2. The van der Waals surface area contributed by atoms with Crippen LogP contribution in [0.5, 0.6) is 11.5 Å². The van der Waals surface area contributed by atoms with Gasteiger partial charge in [0.25, 0.3) is 0 Å². The summed E-state index contributed by atoms with van der Waals surface area (Å²) in [5, 5.41) is 11.8. The lowest BCUT2D eigenvalue weighted by molar-refractivity contribution is 0.355. The van der Waals surface area contributed by atoms with E-state index in [4.69, 9.17) is 14.7 Å². The number of hydrogen-bond donors (Lipinski definition) is 1. The number of methoxy groups -OCH3 is 2. The van der Waals surface area contributed by atoms with Gasteiger partial charge in [-0.05, 0) is 12.1 Å². The van der Waals surface area contributed by atoms with Crippen LogP contribution in [0.2, 0.25) is 0 Å². The van der Waals surface area contributed by atoms with Gasteiger partial charge in [-0.3, -0.25) is 0 Å². The van der Waals surface area contributed by atoms with Gasteiger partial charge in [0.05, 0.1) is 25.5 Å². The van der Waals surface area contributed by atoms with Gasteiger partial charge in [-0.2, -0.15) is 5.26 Å². The van der Waals surface area contributed by atoms with E-state index in [9.17, 15) is 0 Å². The molecule has 0 amide bonds. The fraction of sp³-hybridized carbons (Fsp3) is 0.300. The molecule has 0 radical (unpaired) electrons. The molecule has 0 aliphatic heterocycles. The summed E-state index contributed by atoms with van der Waals surface area (Å²) >= 11 is 0. The molecule has 4 nitrogen and oxygen atoms in total. The largest absolute Gasteiger partial charge is 0.491 e. The number of rotatable bonds is 3. The highest BCUT2D eigenvalue weighted by Crippen LogP contribution is 2.37. The average molecular weight is 192 g/mol. The number of benzene rings is 1. The van der Waals surface area contributed by atoms with Crippen molar-refractivity contribution in [3.05, 3.63) is 17.7 Å². The molecule has 1 N–H and O–H groups in total. The predicted octanol–water partition coefficient (Wildman–Crippen LogP) is 1.62. The molecule has 1 aromatic carbocycles. The van der Waals surface area contributed by atoms with Crippen LogP contribution in [0.3, 0.4) is 0 Å². The summed E-state index contributed by atoms with van der Waals surface area (Å²) in [5.74, 6) is 1.01. The lowest BCUT2D eigenvalue weighted by Gasteiger charge is -2.12. The Morgan fingerprint density at radius 3 is 2.29 bits per heavy atom. The van der Waals surface area contributed by atoms with E-state index >= 15 is 0 Å². The maximum absolute atomic E-state index is 8.83. The zero-order valence-corrected chi connectivity index (χ0v) is 8.42. The highest BCUT2D eigenvalue weighted by molar-refractivity contribution is 5.67. The van der Waals surface area contributed by atoms with Crippen LogP contribution < -0.4 is 14.8 Å². The monoisotopic (exact) mass is 192 g/mol. The Hall–Kier alpha value is -1.89. The molecule has 0 bridgehead atoms. The van der Waals surface area contributed by atoms with E-state index in [2.05, 4.69) is 5.32 Å². The van der Waals surface area contributed by atoms with Crippen molar-refractivity contribution in [3.63, 3.8) is 0 Å². The van der Waals surface area contributed by atoms with E-state index in [1.54, 1.807) is 26.3 Å². The van der Waals surface area contributed by atoms with Gasteiger partial charge >= 0.3 is 0 Å². The van der Waals surface area contributed by atoms with E-state index in [1.807, 2.05) is 6.07 Å². The summed E-state index contributed by atoms with van der Waals surface area (Å²) < 4.78 is 10.3. The second-order valence-corrected chi connectivity index (χ2v) is 2.59. The van der Waals surface area contributed by atoms with Crippen molar-refractivity contribution in [1.29, 1.82) is 5.26 Å². The molecule has 0 fully saturated rings. The minimum Gasteiger partial charge on any atom is -0.491 e. The van der Waals surface area contributed by atoms with E-state index in [0.29, 0.717) is 17.1 Å². The molecule has 0 aliphatic carbocycles. The lowest BCUT2D eigenvalue weighted by Crippen LogP contribution is -1.98. The third-order valence-electron chi connectivity index (χ3n) is 1.91. The van der Waals surface area contributed by atoms with Gasteiger partial charge in [0.15, 0.2) is 11.5 Å². The van der Waals surface area contributed by atoms with Crippen LogP contribution in [0.4, 0.5) is 5.69 Å². The molecular weight excluding hydrogens is 180 g/mol. The molecule has 0 saturated carbocycles. The van der Waals surface area contributed by atoms with Crippen LogP contribution >= 0.6 is 0 Å². The van der Waals surface area contributed by atoms with Gasteiger partial charge in [-0.15, -0.1) is 0 Å². The van der Waals surface area contributed by atoms with Gasteiger partial charge in [0.2, 0.25) is 0 Å². The third kappa shape index (κ3) is 1.57. The Morgan fingerprint density at radius 1 is 1.21 bits per heavy atom. The van der Waals surface area contributed by atoms with Gasteiger partial charge in [0.1, 0.15) is 6.07 Å². The minimum absolute atomic E-state index is 0.460. The fourth-order valence-corrected chi connectivity index (χ4v) is 1.25. The van der Waals surface area contributed by atoms with E-state index in [0.717, 1.165) is 5.69 Å². The minimum atomic E-state index is 0.460. The van der Waals surface area contributed by atoms with E-state index < -0.39 is 0 Å². The second-order valence-electron chi connectivity index (χ2n) is 2.59. The number of nitrogens with zero attached hydrogens (tertiary/aromatic N) is 1. The summed E-state index contributed by atoms with van der Waals surface area (Å²) in [6.07, 6.45) is 0. The van der Waals surface area contributed by atoms with Gasteiger partial charge in [0, 0.05) is 7.05 Å². The van der Waals surface area contributed by atoms with Crippen molar-refractivity contribution in [3.8, 4) is 17.6 Å². The first kappa shape index (κ1) is 10.2. The number of ether oxygens (including phenoxy) is 2. The van der Waals surface area contributed by atoms with E-state index in [1.165, 1.54) is 7.11 Å².